The fourth-order valence-corrected chi connectivity index (χ4v) is 0.812. The molecule has 1 rings (SSSR count). The Balaban J connectivity index is 3.08. The highest BCUT2D eigenvalue weighted by Gasteiger charge is 2.01. The van der Waals surface area contributed by atoms with Crippen molar-refractivity contribution < 1.29 is 15.0 Å². The lowest BCUT2D eigenvalue weighted by Gasteiger charge is -2.01. The zero-order chi connectivity index (χ0) is 13.1. The quantitative estimate of drug-likeness (QED) is 0.667. The van der Waals surface area contributed by atoms with Gasteiger partial charge in [-0.15, -0.1) is 0 Å². The van der Waals surface area contributed by atoms with Crippen LogP contribution >= 0.6 is 0 Å². The maximum atomic E-state index is 11.4. The molecule has 70 valence electrons. The average molecular weight is 182 g/mol. The molecule has 0 saturated carbocycles. The van der Waals surface area contributed by atoms with Crippen LogP contribution in [0.15, 0.2) is 30.3 Å². The third-order valence-corrected chi connectivity index (χ3v) is 1.36. The lowest BCUT2D eigenvalue weighted by Crippen LogP contribution is -2.04. The Morgan fingerprint density at radius 1 is 1.46 bits per heavy atom. The minimum atomic E-state index is -2.72. The molecule has 1 aromatic carbocycles. The first-order valence-electron chi connectivity index (χ1n) is 6.06. The van der Waals surface area contributed by atoms with Gasteiger partial charge in [-0.1, -0.05) is 30.3 Å². The van der Waals surface area contributed by atoms with Gasteiger partial charge < -0.3 is 4.74 Å². The Hall–Kier alpha value is -1.31. The second-order valence-corrected chi connectivity index (χ2v) is 2.34. The molecule has 0 radical (unpaired) electrons. The van der Waals surface area contributed by atoms with E-state index in [1.807, 2.05) is 0 Å². The molecule has 0 spiro atoms. The molecular weight excluding hydrogens is 164 g/mol. The van der Waals surface area contributed by atoms with Crippen molar-refractivity contribution in [1.82, 2.24) is 0 Å². The Morgan fingerprint density at radius 3 is 2.77 bits per heavy atom. The number of carbonyl (C=O) groups is 1. The number of aryl methyl sites for hydroxylation is 1. The Labute approximate surface area is 84.2 Å². The second kappa shape index (κ2) is 5.36. The first-order chi connectivity index (χ1) is 7.84. The van der Waals surface area contributed by atoms with Crippen LogP contribution in [0.2, 0.25) is 0 Å². The summed E-state index contributed by atoms with van der Waals surface area (Å²) in [5, 5.41) is 0. The average Bonchev–Trinajstić information content (AvgIpc) is 2.30. The predicted molar refractivity (Wildman–Crippen MR) is 51.4 cm³/mol. The first kappa shape index (κ1) is 5.43. The van der Waals surface area contributed by atoms with Crippen molar-refractivity contribution in [2.45, 2.75) is 19.7 Å². The van der Waals surface area contributed by atoms with E-state index in [2.05, 4.69) is 4.74 Å². The molecule has 13 heavy (non-hydrogen) atoms. The van der Waals surface area contributed by atoms with Crippen LogP contribution in [0, 0.1) is 0 Å². The summed E-state index contributed by atoms with van der Waals surface area (Å²) in [7, 11) is 0. The van der Waals surface area contributed by atoms with Crippen LogP contribution < -0.4 is 0 Å². The third kappa shape index (κ3) is 3.74. The summed E-state index contributed by atoms with van der Waals surface area (Å²) in [6, 6.07) is 7.76. The van der Waals surface area contributed by atoms with Gasteiger partial charge in [0.1, 0.15) is 0 Å². The molecule has 2 nitrogen and oxygen atoms in total. The molecule has 0 aliphatic heterocycles. The maximum absolute atomic E-state index is 11.4. The summed E-state index contributed by atoms with van der Waals surface area (Å²) in [6.45, 7) is 1.56. The van der Waals surface area contributed by atoms with Gasteiger partial charge in [0.05, 0.1) is 6.61 Å². The van der Waals surface area contributed by atoms with Crippen LogP contribution in [-0.4, -0.2) is 12.6 Å². The molecule has 1 aromatic rings. The third-order valence-electron chi connectivity index (χ3n) is 1.36. The van der Waals surface area contributed by atoms with E-state index < -0.39 is 18.7 Å². The summed E-state index contributed by atoms with van der Waals surface area (Å²) >= 11 is 0. The fraction of sp³-hybridized carbons (Fsp3) is 0.364. The molecule has 0 fully saturated rings. The zero-order valence-corrected chi connectivity index (χ0v) is 7.41. The number of esters is 1. The van der Waals surface area contributed by atoms with Crippen molar-refractivity contribution in [2.75, 3.05) is 6.61 Å². The number of hydrogen-bond acceptors (Lipinski definition) is 2. The van der Waals surface area contributed by atoms with Gasteiger partial charge in [0.25, 0.3) is 0 Å². The van der Waals surface area contributed by atoms with E-state index in [0.29, 0.717) is 0 Å². The van der Waals surface area contributed by atoms with Crippen molar-refractivity contribution in [3.8, 4) is 0 Å². The van der Waals surface area contributed by atoms with Crippen molar-refractivity contribution in [2.24, 2.45) is 0 Å². The number of hydrogen-bond donors (Lipinski definition) is 0. The highest BCUT2D eigenvalue weighted by atomic mass is 16.5. The number of rotatable bonds is 4. The van der Waals surface area contributed by atoms with Crippen molar-refractivity contribution in [3.63, 3.8) is 0 Å². The van der Waals surface area contributed by atoms with E-state index in [4.69, 9.17) is 5.48 Å². The SMILES string of the molecule is [2H]C([2H])(C(=O)OCC)C([2H])([2H])c1ccccc1. The zero-order valence-electron chi connectivity index (χ0n) is 11.4. The fourth-order valence-electron chi connectivity index (χ4n) is 0.812. The van der Waals surface area contributed by atoms with Crippen LogP contribution in [-0.2, 0) is 15.9 Å². The van der Waals surface area contributed by atoms with Gasteiger partial charge in [-0.05, 0) is 18.9 Å². The molecule has 0 aromatic heterocycles. The van der Waals surface area contributed by atoms with Crippen LogP contribution in [0.25, 0.3) is 0 Å². The molecular formula is C11H14O2. The van der Waals surface area contributed by atoms with E-state index in [1.165, 1.54) is 12.1 Å². The number of benzene rings is 1. The van der Waals surface area contributed by atoms with Gasteiger partial charge in [-0.3, -0.25) is 4.79 Å². The molecule has 0 N–H and O–H groups in total. The minimum Gasteiger partial charge on any atom is -0.466 e. The first-order valence-corrected chi connectivity index (χ1v) is 4.06. The normalized spacial score (nSPS) is 16.4. The molecule has 0 aliphatic rings. The minimum absolute atomic E-state index is 0.0171. The summed E-state index contributed by atoms with van der Waals surface area (Å²) < 4.78 is 35.3. The Kier molecular flexibility index (Phi) is 2.24. The molecule has 0 amide bonds. The largest absolute Gasteiger partial charge is 0.466 e. The van der Waals surface area contributed by atoms with Crippen molar-refractivity contribution >= 4 is 5.97 Å². The van der Waals surface area contributed by atoms with Crippen LogP contribution in [0.3, 0.4) is 0 Å². The van der Waals surface area contributed by atoms with Gasteiger partial charge in [0.2, 0.25) is 0 Å². The van der Waals surface area contributed by atoms with E-state index >= 15 is 0 Å². The molecule has 0 aliphatic carbocycles. The van der Waals surface area contributed by atoms with Crippen molar-refractivity contribution in [1.29, 1.82) is 0 Å². The molecule has 0 atom stereocenters. The number of carbonyl (C=O) groups excluding carboxylic acids is 1. The lowest BCUT2D eigenvalue weighted by molar-refractivity contribution is -0.143. The molecule has 2 heteroatoms. The van der Waals surface area contributed by atoms with Crippen LogP contribution in [0.5, 0.6) is 0 Å². The summed E-state index contributed by atoms with van der Waals surface area (Å²) in [4.78, 5) is 11.4. The lowest BCUT2D eigenvalue weighted by atomic mass is 10.1. The molecule has 0 unspecified atom stereocenters. The topological polar surface area (TPSA) is 26.3 Å². The van der Waals surface area contributed by atoms with Crippen LogP contribution in [0.1, 0.15) is 24.3 Å². The Morgan fingerprint density at radius 2 is 2.15 bits per heavy atom. The second-order valence-electron chi connectivity index (χ2n) is 2.34. The smallest absolute Gasteiger partial charge is 0.306 e. The van der Waals surface area contributed by atoms with E-state index in [1.54, 1.807) is 25.1 Å². The Bertz CT molecular complexity index is 390. The summed E-state index contributed by atoms with van der Waals surface area (Å²) in [5.74, 6) is -1.19. The highest BCUT2D eigenvalue weighted by Crippen LogP contribution is 2.02. The molecule has 0 heterocycles. The highest BCUT2D eigenvalue weighted by molar-refractivity contribution is 5.69. The predicted octanol–water partition coefficient (Wildman–Crippen LogP) is 2.18. The summed E-state index contributed by atoms with van der Waals surface area (Å²) in [5.41, 5.74) is 0.109. The maximum Gasteiger partial charge on any atom is 0.306 e. The van der Waals surface area contributed by atoms with Gasteiger partial charge in [0, 0.05) is 11.9 Å². The van der Waals surface area contributed by atoms with Gasteiger partial charge in [-0.2, -0.15) is 0 Å². The van der Waals surface area contributed by atoms with Crippen LogP contribution in [0.4, 0.5) is 0 Å². The van der Waals surface area contributed by atoms with Gasteiger partial charge in [0.15, 0.2) is 0 Å². The summed E-state index contributed by atoms with van der Waals surface area (Å²) in [6.07, 6.45) is -5.15. The standard InChI is InChI=1S/C11H14O2/c1-2-13-11(12)9-8-10-6-4-3-5-7-10/h3-7H,2,8-9H2,1H3/i8D2,9D2. The van der Waals surface area contributed by atoms with E-state index in [0.717, 1.165) is 0 Å². The van der Waals surface area contributed by atoms with Gasteiger partial charge in [-0.25, -0.2) is 0 Å². The molecule has 0 saturated heterocycles. The van der Waals surface area contributed by atoms with Gasteiger partial charge >= 0.3 is 5.97 Å². The monoisotopic (exact) mass is 182 g/mol. The van der Waals surface area contributed by atoms with E-state index in [9.17, 15) is 4.79 Å². The molecule has 0 bridgehead atoms. The van der Waals surface area contributed by atoms with E-state index in [-0.39, 0.29) is 12.2 Å². The number of ether oxygens (including phenoxy) is 1. The van der Waals surface area contributed by atoms with Crippen molar-refractivity contribution in [3.05, 3.63) is 35.9 Å².